The number of amidine groups is 1. The smallest absolute Gasteiger partial charge is 0.338 e. The average Bonchev–Trinajstić information content (AvgIpc) is 3.55. The van der Waals surface area contributed by atoms with Crippen LogP contribution >= 0.6 is 11.8 Å². The van der Waals surface area contributed by atoms with Crippen LogP contribution in [0.3, 0.4) is 0 Å². The highest BCUT2D eigenvalue weighted by molar-refractivity contribution is 8.16. The molecule has 0 saturated carbocycles. The Kier molecular flexibility index (Phi) is 8.02. The second-order valence-corrected chi connectivity index (χ2v) is 9.13. The number of esters is 1. The van der Waals surface area contributed by atoms with Crippen molar-refractivity contribution in [1.29, 1.82) is 0 Å². The SMILES string of the molecule is CCC1=C(C(=O)OC)[C@@H](c2cccc(OC)c2OC)N2C(CC(=O)NC[C@H]3CCCO3)=CSC2=N1. The van der Waals surface area contributed by atoms with Gasteiger partial charge in [0.2, 0.25) is 5.91 Å². The van der Waals surface area contributed by atoms with Crippen LogP contribution in [0.15, 0.2) is 45.6 Å². The Hall–Kier alpha value is -2.98. The quantitative estimate of drug-likeness (QED) is 0.513. The van der Waals surface area contributed by atoms with Crippen molar-refractivity contribution in [1.82, 2.24) is 10.2 Å². The number of carbonyl (C=O) groups is 2. The first-order chi connectivity index (χ1) is 17.0. The molecular weight excluding hydrogens is 470 g/mol. The number of ether oxygens (including phenoxy) is 4. The van der Waals surface area contributed by atoms with Crippen molar-refractivity contribution in [3.05, 3.63) is 46.1 Å². The van der Waals surface area contributed by atoms with Gasteiger partial charge in [0.1, 0.15) is 0 Å². The van der Waals surface area contributed by atoms with Crippen LogP contribution in [-0.4, -0.2) is 62.5 Å². The van der Waals surface area contributed by atoms with Gasteiger partial charge in [-0.1, -0.05) is 30.8 Å². The molecule has 3 heterocycles. The highest BCUT2D eigenvalue weighted by Gasteiger charge is 2.43. The zero-order valence-corrected chi connectivity index (χ0v) is 21.3. The minimum Gasteiger partial charge on any atom is -0.493 e. The number of thioether (sulfide) groups is 1. The molecule has 4 rings (SSSR count). The number of carbonyl (C=O) groups excluding carboxylic acids is 2. The van der Waals surface area contributed by atoms with Gasteiger partial charge in [-0.3, -0.25) is 4.79 Å². The van der Waals surface area contributed by atoms with Crippen LogP contribution in [0.1, 0.15) is 44.2 Å². The van der Waals surface area contributed by atoms with Crippen molar-refractivity contribution in [3.8, 4) is 11.5 Å². The minimum atomic E-state index is -0.595. The summed E-state index contributed by atoms with van der Waals surface area (Å²) in [6.07, 6.45) is 2.71. The second-order valence-electron chi connectivity index (χ2n) is 8.30. The molecule has 1 aromatic carbocycles. The summed E-state index contributed by atoms with van der Waals surface area (Å²) in [4.78, 5) is 32.6. The van der Waals surface area contributed by atoms with Gasteiger partial charge in [-0.2, -0.15) is 0 Å². The molecule has 1 fully saturated rings. The number of aliphatic imine (C=N–C) groups is 1. The van der Waals surface area contributed by atoms with Crippen LogP contribution in [0.25, 0.3) is 0 Å². The van der Waals surface area contributed by atoms with Crippen molar-refractivity contribution >= 4 is 28.8 Å². The number of hydrogen-bond donors (Lipinski definition) is 1. The number of nitrogens with zero attached hydrogens (tertiary/aromatic N) is 2. The van der Waals surface area contributed by atoms with Gasteiger partial charge >= 0.3 is 5.97 Å². The van der Waals surface area contributed by atoms with Gasteiger partial charge in [-0.15, -0.1) is 0 Å². The van der Waals surface area contributed by atoms with Crippen molar-refractivity contribution in [2.75, 3.05) is 34.5 Å². The van der Waals surface area contributed by atoms with Crippen molar-refractivity contribution in [2.24, 2.45) is 4.99 Å². The molecule has 0 aromatic heterocycles. The Morgan fingerprint density at radius 3 is 2.74 bits per heavy atom. The molecule has 0 aliphatic carbocycles. The van der Waals surface area contributed by atoms with Gasteiger partial charge in [0.25, 0.3) is 0 Å². The van der Waals surface area contributed by atoms with Crippen LogP contribution in [-0.2, 0) is 19.1 Å². The number of methoxy groups -OCH3 is 3. The Morgan fingerprint density at radius 1 is 1.26 bits per heavy atom. The lowest BCUT2D eigenvalue weighted by Crippen LogP contribution is -2.39. The maximum Gasteiger partial charge on any atom is 0.338 e. The van der Waals surface area contributed by atoms with Crippen LogP contribution in [0.2, 0.25) is 0 Å². The maximum atomic E-state index is 13.1. The summed E-state index contributed by atoms with van der Waals surface area (Å²) in [5, 5.41) is 5.59. The molecule has 1 amide bonds. The van der Waals surface area contributed by atoms with E-state index in [1.54, 1.807) is 20.3 Å². The van der Waals surface area contributed by atoms with E-state index in [0.29, 0.717) is 40.9 Å². The lowest BCUT2D eigenvalue weighted by molar-refractivity contribution is -0.136. The summed E-state index contributed by atoms with van der Waals surface area (Å²) < 4.78 is 22.0. The second kappa shape index (κ2) is 11.2. The van der Waals surface area contributed by atoms with E-state index in [1.807, 2.05) is 29.4 Å². The summed E-state index contributed by atoms with van der Waals surface area (Å²) in [5.74, 6) is 0.466. The number of benzene rings is 1. The van der Waals surface area contributed by atoms with Gasteiger partial charge in [0.05, 0.1) is 51.2 Å². The summed E-state index contributed by atoms with van der Waals surface area (Å²) >= 11 is 1.43. The van der Waals surface area contributed by atoms with Crippen LogP contribution < -0.4 is 14.8 Å². The molecule has 10 heteroatoms. The highest BCUT2D eigenvalue weighted by Crippen LogP contribution is 2.49. The predicted octanol–water partition coefficient (Wildman–Crippen LogP) is 3.53. The van der Waals surface area contributed by atoms with E-state index in [1.165, 1.54) is 18.9 Å². The number of rotatable bonds is 9. The Labute approximate surface area is 209 Å². The predicted molar refractivity (Wildman–Crippen MR) is 133 cm³/mol. The van der Waals surface area contributed by atoms with Gasteiger partial charge in [0.15, 0.2) is 16.7 Å². The van der Waals surface area contributed by atoms with Gasteiger partial charge in [-0.25, -0.2) is 9.79 Å². The molecule has 35 heavy (non-hydrogen) atoms. The number of nitrogens with one attached hydrogen (secondary N) is 1. The van der Waals surface area contributed by atoms with Crippen molar-refractivity contribution in [2.45, 2.75) is 44.8 Å². The molecule has 2 atom stereocenters. The van der Waals surface area contributed by atoms with Crippen molar-refractivity contribution in [3.63, 3.8) is 0 Å². The Morgan fingerprint density at radius 2 is 2.09 bits per heavy atom. The first kappa shape index (κ1) is 25.1. The van der Waals surface area contributed by atoms with E-state index in [0.717, 1.165) is 30.7 Å². The number of allylic oxidation sites excluding steroid dienone is 1. The molecule has 1 saturated heterocycles. The molecule has 3 aliphatic rings. The van der Waals surface area contributed by atoms with Crippen LogP contribution in [0.5, 0.6) is 11.5 Å². The first-order valence-electron chi connectivity index (χ1n) is 11.7. The number of fused-ring (bicyclic) bond motifs is 1. The number of para-hydroxylation sites is 1. The summed E-state index contributed by atoms with van der Waals surface area (Å²) in [7, 11) is 4.49. The Bertz CT molecular complexity index is 1080. The van der Waals surface area contributed by atoms with E-state index in [4.69, 9.17) is 23.9 Å². The topological polar surface area (TPSA) is 98.7 Å². The Balaban J connectivity index is 1.71. The molecule has 1 aromatic rings. The zero-order chi connectivity index (χ0) is 24.9. The highest BCUT2D eigenvalue weighted by atomic mass is 32.2. The molecule has 9 nitrogen and oxygen atoms in total. The van der Waals surface area contributed by atoms with Crippen LogP contribution in [0, 0.1) is 0 Å². The number of hydrogen-bond acceptors (Lipinski definition) is 9. The van der Waals surface area contributed by atoms with E-state index in [2.05, 4.69) is 5.32 Å². The van der Waals surface area contributed by atoms with E-state index in [9.17, 15) is 9.59 Å². The van der Waals surface area contributed by atoms with E-state index < -0.39 is 12.0 Å². The third kappa shape index (κ3) is 5.04. The van der Waals surface area contributed by atoms with Gasteiger partial charge in [-0.05, 0) is 30.7 Å². The molecule has 0 radical (unpaired) electrons. The van der Waals surface area contributed by atoms with Crippen molar-refractivity contribution < 1.29 is 28.5 Å². The lowest BCUT2D eigenvalue weighted by atomic mass is 9.92. The monoisotopic (exact) mass is 501 g/mol. The molecule has 1 N–H and O–H groups in total. The largest absolute Gasteiger partial charge is 0.493 e. The molecule has 188 valence electrons. The molecule has 0 bridgehead atoms. The summed E-state index contributed by atoms with van der Waals surface area (Å²) in [5.41, 5.74) is 2.52. The lowest BCUT2D eigenvalue weighted by Gasteiger charge is -2.37. The number of amides is 1. The molecule has 3 aliphatic heterocycles. The first-order valence-corrected chi connectivity index (χ1v) is 12.5. The van der Waals surface area contributed by atoms with E-state index in [-0.39, 0.29) is 18.4 Å². The fourth-order valence-corrected chi connectivity index (χ4v) is 5.53. The fourth-order valence-electron chi connectivity index (χ4n) is 4.59. The zero-order valence-electron chi connectivity index (χ0n) is 20.5. The van der Waals surface area contributed by atoms with E-state index >= 15 is 0 Å². The van der Waals surface area contributed by atoms with Gasteiger partial charge in [0, 0.05) is 24.4 Å². The maximum absolute atomic E-state index is 13.1. The molecular formula is C25H31N3O6S. The standard InChI is InChI=1S/C25H31N3O6S/c1-5-18-21(24(30)33-4)22(17-9-6-10-19(31-2)23(17)32-3)28-15(14-35-25(28)27-18)12-20(29)26-13-16-8-7-11-34-16/h6,9-10,14,16,22H,5,7-8,11-13H2,1-4H3,(H,26,29)/t16-,22-/m1/s1. The average molecular weight is 502 g/mol. The van der Waals surface area contributed by atoms with Gasteiger partial charge < -0.3 is 29.2 Å². The third-order valence-electron chi connectivity index (χ3n) is 6.25. The fraction of sp³-hybridized carbons (Fsp3) is 0.480. The third-order valence-corrected chi connectivity index (χ3v) is 7.14. The minimum absolute atomic E-state index is 0.0627. The van der Waals surface area contributed by atoms with Crippen LogP contribution in [0.4, 0.5) is 0 Å². The molecule has 0 spiro atoms. The summed E-state index contributed by atoms with van der Waals surface area (Å²) in [6.45, 7) is 3.17. The molecule has 0 unspecified atom stereocenters. The summed E-state index contributed by atoms with van der Waals surface area (Å²) in [6, 6.07) is 4.95. The normalized spacial score (nSPS) is 21.3.